The van der Waals surface area contributed by atoms with Crippen LogP contribution in [0.25, 0.3) is 0 Å². The summed E-state index contributed by atoms with van der Waals surface area (Å²) in [5.74, 6) is 0.126. The fourth-order valence-corrected chi connectivity index (χ4v) is 2.49. The second-order valence-corrected chi connectivity index (χ2v) is 5.39. The van der Waals surface area contributed by atoms with E-state index >= 15 is 0 Å². The number of ether oxygens (including phenoxy) is 1. The van der Waals surface area contributed by atoms with Gasteiger partial charge in [-0.1, -0.05) is 0 Å². The summed E-state index contributed by atoms with van der Waals surface area (Å²) in [6, 6.07) is 1.64. The van der Waals surface area contributed by atoms with E-state index in [9.17, 15) is 4.79 Å². The average molecular weight is 290 g/mol. The number of carbonyl (C=O) groups is 1. The molecule has 0 aliphatic carbocycles. The zero-order valence-corrected chi connectivity index (χ0v) is 12.9. The minimum Gasteiger partial charge on any atom is -0.381 e. The van der Waals surface area contributed by atoms with Gasteiger partial charge in [-0.25, -0.2) is 0 Å². The number of nitrogens with zero attached hydrogens (tertiary/aromatic N) is 4. The van der Waals surface area contributed by atoms with Gasteiger partial charge in [0.05, 0.1) is 17.3 Å². The number of amides is 1. The molecule has 0 saturated carbocycles. The van der Waals surface area contributed by atoms with Crippen LogP contribution in [0.15, 0.2) is 6.20 Å². The average Bonchev–Trinajstić information content (AvgIpc) is 2.97. The number of aryl methyl sites for hydroxylation is 1. The van der Waals surface area contributed by atoms with Crippen LogP contribution in [-0.2, 0) is 11.3 Å². The van der Waals surface area contributed by atoms with Gasteiger partial charge in [0, 0.05) is 38.9 Å². The molecule has 1 aliphatic rings. The molecule has 1 fully saturated rings. The number of hydrogen-bond acceptors (Lipinski definition) is 4. The lowest BCUT2D eigenvalue weighted by Gasteiger charge is -2.23. The summed E-state index contributed by atoms with van der Waals surface area (Å²) in [5.41, 5.74) is 1.47. The largest absolute Gasteiger partial charge is 0.381 e. The second kappa shape index (κ2) is 6.72. The van der Waals surface area contributed by atoms with Crippen LogP contribution in [0.5, 0.6) is 0 Å². The van der Waals surface area contributed by atoms with Gasteiger partial charge in [0.25, 0.3) is 5.91 Å². The summed E-state index contributed by atoms with van der Waals surface area (Å²) in [5, 5.41) is 13.6. The quantitative estimate of drug-likeness (QED) is 0.847. The van der Waals surface area contributed by atoms with Crippen molar-refractivity contribution in [3.63, 3.8) is 0 Å². The third-order valence-electron chi connectivity index (χ3n) is 4.04. The van der Waals surface area contributed by atoms with E-state index in [4.69, 9.17) is 10.00 Å². The predicted molar refractivity (Wildman–Crippen MR) is 77.9 cm³/mol. The van der Waals surface area contributed by atoms with E-state index < -0.39 is 6.04 Å². The van der Waals surface area contributed by atoms with Crippen molar-refractivity contribution >= 4 is 5.91 Å². The Labute approximate surface area is 125 Å². The van der Waals surface area contributed by atoms with Crippen molar-refractivity contribution in [3.05, 3.63) is 17.5 Å². The Balaban J connectivity index is 2.31. The van der Waals surface area contributed by atoms with Crippen molar-refractivity contribution < 1.29 is 9.53 Å². The van der Waals surface area contributed by atoms with Gasteiger partial charge in [-0.2, -0.15) is 10.4 Å². The van der Waals surface area contributed by atoms with E-state index in [0.717, 1.165) is 25.1 Å². The third-order valence-corrected chi connectivity index (χ3v) is 4.04. The van der Waals surface area contributed by atoms with Crippen LogP contribution in [0.1, 0.15) is 48.7 Å². The summed E-state index contributed by atoms with van der Waals surface area (Å²) < 4.78 is 7.18. The topological polar surface area (TPSA) is 71.2 Å². The number of aromatic nitrogens is 2. The Morgan fingerprint density at radius 3 is 2.86 bits per heavy atom. The van der Waals surface area contributed by atoms with E-state index in [-0.39, 0.29) is 11.8 Å². The highest BCUT2D eigenvalue weighted by Gasteiger charge is 2.28. The van der Waals surface area contributed by atoms with E-state index in [0.29, 0.717) is 18.8 Å². The molecule has 6 nitrogen and oxygen atoms in total. The fourth-order valence-electron chi connectivity index (χ4n) is 2.49. The Hall–Kier alpha value is -1.87. The molecule has 1 aliphatic heterocycles. The van der Waals surface area contributed by atoms with Crippen LogP contribution in [0.3, 0.4) is 0 Å². The van der Waals surface area contributed by atoms with Gasteiger partial charge in [0.2, 0.25) is 0 Å². The van der Waals surface area contributed by atoms with Gasteiger partial charge in [0.15, 0.2) is 0 Å². The fraction of sp³-hybridized carbons (Fsp3) is 0.667. The second-order valence-electron chi connectivity index (χ2n) is 5.39. The van der Waals surface area contributed by atoms with Crippen molar-refractivity contribution in [2.45, 2.75) is 45.2 Å². The molecule has 2 rings (SSSR count). The zero-order valence-electron chi connectivity index (χ0n) is 12.9. The molecule has 0 spiro atoms. The van der Waals surface area contributed by atoms with Gasteiger partial charge in [-0.05, 0) is 26.7 Å². The summed E-state index contributed by atoms with van der Waals surface area (Å²) >= 11 is 0. The maximum absolute atomic E-state index is 12.6. The van der Waals surface area contributed by atoms with Crippen molar-refractivity contribution in [1.82, 2.24) is 14.7 Å². The number of nitriles is 1. The van der Waals surface area contributed by atoms with Crippen LogP contribution in [-0.4, -0.2) is 46.9 Å². The Morgan fingerprint density at radius 2 is 2.29 bits per heavy atom. The molecule has 1 aromatic heterocycles. The Morgan fingerprint density at radius 1 is 1.62 bits per heavy atom. The molecule has 0 bridgehead atoms. The highest BCUT2D eigenvalue weighted by Crippen LogP contribution is 2.29. The molecule has 1 amide bonds. The van der Waals surface area contributed by atoms with Gasteiger partial charge >= 0.3 is 0 Å². The maximum atomic E-state index is 12.6. The molecule has 0 N–H and O–H groups in total. The number of hydrogen-bond donors (Lipinski definition) is 0. The molecule has 6 heteroatoms. The first-order valence-corrected chi connectivity index (χ1v) is 7.40. The van der Waals surface area contributed by atoms with Crippen LogP contribution in [0, 0.1) is 11.3 Å². The first-order chi connectivity index (χ1) is 10.1. The number of rotatable bonds is 4. The minimum atomic E-state index is -0.454. The molecular formula is C15H22N4O2. The summed E-state index contributed by atoms with van der Waals surface area (Å²) in [6.45, 7) is 5.86. The minimum absolute atomic E-state index is 0.134. The van der Waals surface area contributed by atoms with Crippen molar-refractivity contribution in [1.29, 1.82) is 5.26 Å². The molecule has 2 heterocycles. The lowest BCUT2D eigenvalue weighted by molar-refractivity contribution is 0.0754. The summed E-state index contributed by atoms with van der Waals surface area (Å²) in [7, 11) is 1.66. The van der Waals surface area contributed by atoms with E-state index in [1.807, 2.05) is 6.92 Å². The van der Waals surface area contributed by atoms with E-state index in [1.165, 1.54) is 4.90 Å². The molecule has 0 radical (unpaired) electrons. The van der Waals surface area contributed by atoms with Gasteiger partial charge < -0.3 is 9.64 Å². The Kier molecular flexibility index (Phi) is 4.97. The highest BCUT2D eigenvalue weighted by molar-refractivity contribution is 5.95. The molecule has 1 atom stereocenters. The van der Waals surface area contributed by atoms with E-state index in [1.54, 1.807) is 24.9 Å². The zero-order chi connectivity index (χ0) is 15.4. The van der Waals surface area contributed by atoms with Crippen molar-refractivity contribution in [2.75, 3.05) is 20.3 Å². The molecule has 114 valence electrons. The van der Waals surface area contributed by atoms with Gasteiger partial charge in [0.1, 0.15) is 6.04 Å². The summed E-state index contributed by atoms with van der Waals surface area (Å²) in [4.78, 5) is 14.1. The Bertz CT molecular complexity index is 540. The number of carbonyl (C=O) groups excluding carboxylic acids is 1. The van der Waals surface area contributed by atoms with Gasteiger partial charge in [-0.15, -0.1) is 0 Å². The summed E-state index contributed by atoms with van der Waals surface area (Å²) in [6.07, 6.45) is 3.57. The lowest BCUT2D eigenvalue weighted by atomic mass is 9.93. The molecule has 1 aromatic rings. The smallest absolute Gasteiger partial charge is 0.258 e. The normalized spacial score (nSPS) is 17.2. The monoisotopic (exact) mass is 290 g/mol. The first-order valence-electron chi connectivity index (χ1n) is 7.40. The molecule has 0 aromatic carbocycles. The lowest BCUT2D eigenvalue weighted by Crippen LogP contribution is -2.34. The molecule has 21 heavy (non-hydrogen) atoms. The maximum Gasteiger partial charge on any atom is 0.258 e. The molecular weight excluding hydrogens is 268 g/mol. The van der Waals surface area contributed by atoms with Crippen molar-refractivity contribution in [3.8, 4) is 6.07 Å². The van der Waals surface area contributed by atoms with Crippen LogP contribution >= 0.6 is 0 Å². The van der Waals surface area contributed by atoms with Crippen LogP contribution < -0.4 is 0 Å². The van der Waals surface area contributed by atoms with Crippen molar-refractivity contribution in [2.24, 2.45) is 0 Å². The van der Waals surface area contributed by atoms with E-state index in [2.05, 4.69) is 11.2 Å². The SMILES string of the molecule is CCn1cc(C(=O)N(C)C(C)C#N)c(C2CCOCC2)n1. The van der Waals surface area contributed by atoms with Gasteiger partial charge in [-0.3, -0.25) is 9.48 Å². The molecule has 1 saturated heterocycles. The van der Waals surface area contributed by atoms with Crippen LogP contribution in [0.4, 0.5) is 0 Å². The highest BCUT2D eigenvalue weighted by atomic mass is 16.5. The van der Waals surface area contributed by atoms with Crippen LogP contribution in [0.2, 0.25) is 0 Å². The first kappa shape index (κ1) is 15.5. The predicted octanol–water partition coefficient (Wildman–Crippen LogP) is 1.78. The molecule has 1 unspecified atom stereocenters. The standard InChI is InChI=1S/C15H22N4O2/c1-4-19-10-13(15(20)18(3)11(2)9-16)14(17-19)12-5-7-21-8-6-12/h10-12H,4-8H2,1-3H3. The third kappa shape index (κ3) is 3.24.